The third kappa shape index (κ3) is 3.74. The highest BCUT2D eigenvalue weighted by Gasteiger charge is 2.05. The Kier molecular flexibility index (Phi) is 5.16. The number of nitrogens with zero attached hydrogens (tertiary/aromatic N) is 1. The predicted octanol–water partition coefficient (Wildman–Crippen LogP) is 2.54. The van der Waals surface area contributed by atoms with Crippen molar-refractivity contribution in [1.29, 1.82) is 0 Å². The van der Waals surface area contributed by atoms with Gasteiger partial charge in [0.25, 0.3) is 0 Å². The molecule has 1 atom stereocenters. The van der Waals surface area contributed by atoms with Gasteiger partial charge in [0, 0.05) is 5.71 Å². The van der Waals surface area contributed by atoms with Gasteiger partial charge in [0.05, 0.1) is 16.7 Å². The average Bonchev–Trinajstić information content (AvgIpc) is 2.36. The standard InChI is InChI=1S/C13H17ClN2O2/c1-4-8(2)9(3)15-16-12-7-10(13(17)18)5-6-11(12)14/h5-8,16H,4H2,1-3H3,(H,17,18)/p-1/b15-9-/t8-/m0/s1. The molecule has 1 aromatic carbocycles. The van der Waals surface area contributed by atoms with Crippen LogP contribution in [0.1, 0.15) is 37.6 Å². The fourth-order valence-electron chi connectivity index (χ4n) is 1.29. The zero-order valence-corrected chi connectivity index (χ0v) is 11.4. The smallest absolute Gasteiger partial charge is 0.0754 e. The lowest BCUT2D eigenvalue weighted by Crippen LogP contribution is -2.22. The van der Waals surface area contributed by atoms with Crippen LogP contribution >= 0.6 is 11.6 Å². The van der Waals surface area contributed by atoms with Crippen molar-refractivity contribution in [2.75, 3.05) is 5.43 Å². The van der Waals surface area contributed by atoms with Crippen molar-refractivity contribution >= 4 is 29.0 Å². The number of carbonyl (C=O) groups excluding carboxylic acids is 1. The van der Waals surface area contributed by atoms with Crippen LogP contribution in [0.4, 0.5) is 5.69 Å². The molecule has 18 heavy (non-hydrogen) atoms. The fraction of sp³-hybridized carbons (Fsp3) is 0.385. The number of hydrogen-bond acceptors (Lipinski definition) is 4. The first-order valence-corrected chi connectivity index (χ1v) is 6.14. The summed E-state index contributed by atoms with van der Waals surface area (Å²) in [7, 11) is 0. The summed E-state index contributed by atoms with van der Waals surface area (Å²) in [6, 6.07) is 4.31. The van der Waals surface area contributed by atoms with Gasteiger partial charge in [-0.1, -0.05) is 31.5 Å². The average molecular weight is 268 g/mol. The number of benzene rings is 1. The first kappa shape index (κ1) is 14.5. The summed E-state index contributed by atoms with van der Waals surface area (Å²) in [5, 5.41) is 15.4. The van der Waals surface area contributed by atoms with Gasteiger partial charge in [-0.15, -0.1) is 0 Å². The van der Waals surface area contributed by atoms with E-state index in [0.717, 1.165) is 12.1 Å². The van der Waals surface area contributed by atoms with E-state index < -0.39 is 5.97 Å². The molecule has 0 radical (unpaired) electrons. The summed E-state index contributed by atoms with van der Waals surface area (Å²) < 4.78 is 0. The fourth-order valence-corrected chi connectivity index (χ4v) is 1.45. The molecule has 1 aromatic rings. The number of nitrogens with one attached hydrogen (secondary N) is 1. The van der Waals surface area contributed by atoms with Crippen LogP contribution in [-0.2, 0) is 0 Å². The maximum absolute atomic E-state index is 10.7. The summed E-state index contributed by atoms with van der Waals surface area (Å²) in [5.41, 5.74) is 4.25. The monoisotopic (exact) mass is 267 g/mol. The SMILES string of the molecule is CC[C@H](C)/C(C)=N\Nc1cc(C(=O)[O-])ccc1Cl. The van der Waals surface area contributed by atoms with Gasteiger partial charge in [0.15, 0.2) is 0 Å². The Hall–Kier alpha value is -1.55. The van der Waals surface area contributed by atoms with E-state index in [1.807, 2.05) is 6.92 Å². The Labute approximate surface area is 112 Å². The molecular formula is C13H16ClN2O2-. The summed E-state index contributed by atoms with van der Waals surface area (Å²) in [6.07, 6.45) is 0.990. The predicted molar refractivity (Wildman–Crippen MR) is 72.0 cm³/mol. The molecule has 5 heteroatoms. The highest BCUT2D eigenvalue weighted by molar-refractivity contribution is 6.33. The lowest BCUT2D eigenvalue weighted by molar-refractivity contribution is -0.255. The van der Waals surface area contributed by atoms with Crippen molar-refractivity contribution in [3.63, 3.8) is 0 Å². The van der Waals surface area contributed by atoms with E-state index in [4.69, 9.17) is 11.6 Å². The number of rotatable bonds is 5. The Morgan fingerprint density at radius 2 is 2.22 bits per heavy atom. The third-order valence-corrected chi connectivity index (χ3v) is 3.21. The van der Waals surface area contributed by atoms with Crippen LogP contribution in [0.3, 0.4) is 0 Å². The molecule has 0 amide bonds. The second-order valence-electron chi connectivity index (χ2n) is 4.16. The molecule has 1 rings (SSSR count). The molecule has 0 fully saturated rings. The van der Waals surface area contributed by atoms with E-state index in [1.165, 1.54) is 18.2 Å². The molecule has 4 nitrogen and oxygen atoms in total. The minimum atomic E-state index is -1.24. The molecule has 0 heterocycles. The highest BCUT2D eigenvalue weighted by atomic mass is 35.5. The van der Waals surface area contributed by atoms with Crippen LogP contribution in [0.2, 0.25) is 5.02 Å². The number of carboxylic acids is 1. The lowest BCUT2D eigenvalue weighted by atomic mass is 10.1. The zero-order chi connectivity index (χ0) is 13.7. The van der Waals surface area contributed by atoms with Crippen LogP contribution in [0.15, 0.2) is 23.3 Å². The number of carbonyl (C=O) groups is 1. The molecule has 0 spiro atoms. The van der Waals surface area contributed by atoms with Crippen LogP contribution < -0.4 is 10.5 Å². The van der Waals surface area contributed by atoms with E-state index in [0.29, 0.717) is 16.6 Å². The van der Waals surface area contributed by atoms with Crippen molar-refractivity contribution in [2.45, 2.75) is 27.2 Å². The topological polar surface area (TPSA) is 64.5 Å². The highest BCUT2D eigenvalue weighted by Crippen LogP contribution is 2.23. The number of halogens is 1. The largest absolute Gasteiger partial charge is 0.545 e. The van der Waals surface area contributed by atoms with Gasteiger partial charge in [-0.25, -0.2) is 0 Å². The summed E-state index contributed by atoms with van der Waals surface area (Å²) in [6.45, 7) is 6.06. The molecule has 1 N–H and O–H groups in total. The van der Waals surface area contributed by atoms with Crippen LogP contribution in [0.5, 0.6) is 0 Å². The number of aromatic carboxylic acids is 1. The third-order valence-electron chi connectivity index (χ3n) is 2.88. The molecule has 0 saturated carbocycles. The van der Waals surface area contributed by atoms with Crippen molar-refractivity contribution < 1.29 is 9.90 Å². The molecular weight excluding hydrogens is 252 g/mol. The van der Waals surface area contributed by atoms with Gasteiger partial charge >= 0.3 is 0 Å². The molecule has 0 aromatic heterocycles. The number of hydrogen-bond donors (Lipinski definition) is 1. The van der Waals surface area contributed by atoms with Gasteiger partial charge in [0.1, 0.15) is 0 Å². The van der Waals surface area contributed by atoms with Crippen LogP contribution in [-0.4, -0.2) is 11.7 Å². The molecule has 0 saturated heterocycles. The summed E-state index contributed by atoms with van der Waals surface area (Å²) >= 11 is 5.95. The molecule has 0 aliphatic rings. The van der Waals surface area contributed by atoms with E-state index in [-0.39, 0.29) is 5.56 Å². The second-order valence-corrected chi connectivity index (χ2v) is 4.56. The molecule has 98 valence electrons. The Morgan fingerprint density at radius 1 is 1.56 bits per heavy atom. The first-order valence-electron chi connectivity index (χ1n) is 5.76. The van der Waals surface area contributed by atoms with Gasteiger partial charge in [0.2, 0.25) is 0 Å². The maximum atomic E-state index is 10.7. The molecule has 0 aliphatic carbocycles. The van der Waals surface area contributed by atoms with Crippen LogP contribution in [0, 0.1) is 5.92 Å². The Bertz CT molecular complexity index is 472. The Morgan fingerprint density at radius 3 is 2.78 bits per heavy atom. The molecule has 0 unspecified atom stereocenters. The van der Waals surface area contributed by atoms with E-state index in [2.05, 4.69) is 24.4 Å². The van der Waals surface area contributed by atoms with E-state index in [9.17, 15) is 9.90 Å². The lowest BCUT2D eigenvalue weighted by Gasteiger charge is -2.11. The minimum absolute atomic E-state index is 0.0679. The Balaban J connectivity index is 2.90. The van der Waals surface area contributed by atoms with Gasteiger partial charge in [-0.2, -0.15) is 5.10 Å². The number of carboxylic acid groups (broad SMARTS) is 1. The van der Waals surface area contributed by atoms with Crippen molar-refractivity contribution in [2.24, 2.45) is 11.0 Å². The van der Waals surface area contributed by atoms with Crippen molar-refractivity contribution in [3.05, 3.63) is 28.8 Å². The number of hydrazone groups is 1. The van der Waals surface area contributed by atoms with Crippen molar-refractivity contribution in [1.82, 2.24) is 0 Å². The minimum Gasteiger partial charge on any atom is -0.545 e. The maximum Gasteiger partial charge on any atom is 0.0754 e. The summed E-state index contributed by atoms with van der Waals surface area (Å²) in [4.78, 5) is 10.7. The van der Waals surface area contributed by atoms with E-state index >= 15 is 0 Å². The van der Waals surface area contributed by atoms with Gasteiger partial charge in [-0.05, 0) is 37.0 Å². The molecule has 0 bridgehead atoms. The van der Waals surface area contributed by atoms with E-state index in [1.54, 1.807) is 0 Å². The van der Waals surface area contributed by atoms with Crippen LogP contribution in [0.25, 0.3) is 0 Å². The van der Waals surface area contributed by atoms with Gasteiger partial charge in [-0.3, -0.25) is 5.43 Å². The zero-order valence-electron chi connectivity index (χ0n) is 10.7. The van der Waals surface area contributed by atoms with Crippen molar-refractivity contribution in [3.8, 4) is 0 Å². The normalized spacial score (nSPS) is 13.2. The quantitative estimate of drug-likeness (QED) is 0.659. The summed E-state index contributed by atoms with van der Waals surface area (Å²) in [5.74, 6) is -0.877. The molecule has 0 aliphatic heterocycles. The number of anilines is 1. The van der Waals surface area contributed by atoms with Gasteiger partial charge < -0.3 is 9.90 Å². The second kappa shape index (κ2) is 6.40. The first-order chi connectivity index (χ1) is 8.45.